The highest BCUT2D eigenvalue weighted by atomic mass is 32.2. The van der Waals surface area contributed by atoms with Crippen LogP contribution >= 0.6 is 0 Å². The normalized spacial score (nSPS) is 19.4. The SMILES string of the molecule is CCN1[C@@H](C(=O)N[C@H](CO)CCCCNS(=O)(=O)c2ccccc2)Cc2cc3c(cc2S1(=O)=O)OCCO3. The summed E-state index contributed by atoms with van der Waals surface area (Å²) in [7, 11) is -7.55. The van der Waals surface area contributed by atoms with E-state index >= 15 is 0 Å². The number of hydrogen-bond donors (Lipinski definition) is 3. The zero-order chi connectivity index (χ0) is 27.3. The molecule has 2 heterocycles. The van der Waals surface area contributed by atoms with Crippen LogP contribution in [-0.4, -0.2) is 77.1 Å². The van der Waals surface area contributed by atoms with E-state index in [1.54, 1.807) is 31.2 Å². The molecule has 0 unspecified atom stereocenters. The number of carbonyl (C=O) groups is 1. The van der Waals surface area contributed by atoms with Crippen molar-refractivity contribution >= 4 is 26.0 Å². The standard InChI is InChI=1S/C25H33N3O8S2/c1-2-28-21(14-18-15-22-23(36-13-12-35-22)16-24(18)38(28,33)34)25(30)27-19(17-29)8-6-7-11-26-37(31,32)20-9-4-3-5-10-20/h3-5,9-10,15-16,19,21,26,29H,2,6-8,11-14,17H2,1H3,(H,27,30)/t19-,21+/m0/s1. The minimum Gasteiger partial charge on any atom is -0.486 e. The van der Waals surface area contributed by atoms with Crippen molar-refractivity contribution in [3.05, 3.63) is 48.0 Å². The zero-order valence-corrected chi connectivity index (χ0v) is 22.8. The van der Waals surface area contributed by atoms with Crippen molar-refractivity contribution in [2.75, 3.05) is 32.9 Å². The quantitative estimate of drug-likeness (QED) is 0.341. The molecule has 2 atom stereocenters. The lowest BCUT2D eigenvalue weighted by Crippen LogP contribution is -2.55. The molecule has 1 amide bonds. The highest BCUT2D eigenvalue weighted by Gasteiger charge is 2.42. The van der Waals surface area contributed by atoms with Crippen LogP contribution in [0, 0.1) is 0 Å². The summed E-state index contributed by atoms with van der Waals surface area (Å²) in [5.74, 6) is 0.314. The van der Waals surface area contributed by atoms with Gasteiger partial charge in [0.2, 0.25) is 26.0 Å². The number of aliphatic hydroxyl groups excluding tert-OH is 1. The van der Waals surface area contributed by atoms with Gasteiger partial charge in [0, 0.05) is 19.2 Å². The summed E-state index contributed by atoms with van der Waals surface area (Å²) in [5.41, 5.74) is 0.477. The van der Waals surface area contributed by atoms with Gasteiger partial charge in [-0.15, -0.1) is 0 Å². The second kappa shape index (κ2) is 12.0. The maximum Gasteiger partial charge on any atom is 0.244 e. The molecule has 2 aromatic rings. The maximum absolute atomic E-state index is 13.4. The number of amides is 1. The van der Waals surface area contributed by atoms with Gasteiger partial charge < -0.3 is 19.9 Å². The lowest BCUT2D eigenvalue weighted by Gasteiger charge is -2.35. The molecule has 2 aliphatic heterocycles. The molecule has 0 aliphatic carbocycles. The molecule has 0 radical (unpaired) electrons. The fourth-order valence-electron chi connectivity index (χ4n) is 4.64. The largest absolute Gasteiger partial charge is 0.486 e. The molecule has 208 valence electrons. The molecule has 4 rings (SSSR count). The van der Waals surface area contributed by atoms with Crippen LogP contribution in [0.2, 0.25) is 0 Å². The Balaban J connectivity index is 1.35. The first kappa shape index (κ1) is 28.3. The summed E-state index contributed by atoms with van der Waals surface area (Å²) in [6.45, 7) is 2.33. The van der Waals surface area contributed by atoms with Crippen LogP contribution in [0.25, 0.3) is 0 Å². The monoisotopic (exact) mass is 567 g/mol. The van der Waals surface area contributed by atoms with Crippen molar-refractivity contribution in [3.8, 4) is 11.5 Å². The van der Waals surface area contributed by atoms with Gasteiger partial charge in [0.15, 0.2) is 11.5 Å². The van der Waals surface area contributed by atoms with Gasteiger partial charge in [-0.2, -0.15) is 4.31 Å². The van der Waals surface area contributed by atoms with Crippen LogP contribution in [0.15, 0.2) is 52.3 Å². The Morgan fingerprint density at radius 2 is 1.82 bits per heavy atom. The van der Waals surface area contributed by atoms with Crippen LogP contribution in [0.3, 0.4) is 0 Å². The molecule has 2 aliphatic rings. The number of aliphatic hydroxyl groups is 1. The number of carbonyl (C=O) groups excluding carboxylic acids is 1. The van der Waals surface area contributed by atoms with E-state index in [0.29, 0.717) is 49.5 Å². The van der Waals surface area contributed by atoms with Crippen molar-refractivity contribution in [3.63, 3.8) is 0 Å². The Bertz CT molecular complexity index is 1350. The first-order chi connectivity index (χ1) is 18.2. The van der Waals surface area contributed by atoms with Crippen LogP contribution in [0.4, 0.5) is 0 Å². The fourth-order valence-corrected chi connectivity index (χ4v) is 7.56. The third kappa shape index (κ3) is 6.12. The molecule has 11 nitrogen and oxygen atoms in total. The lowest BCUT2D eigenvalue weighted by molar-refractivity contribution is -0.126. The molecule has 0 spiro atoms. The summed E-state index contributed by atoms with van der Waals surface area (Å²) in [5, 5.41) is 12.6. The van der Waals surface area contributed by atoms with Crippen LogP contribution in [0.5, 0.6) is 11.5 Å². The van der Waals surface area contributed by atoms with E-state index in [2.05, 4.69) is 10.0 Å². The Labute approximate surface area is 223 Å². The van der Waals surface area contributed by atoms with Crippen molar-refractivity contribution in [2.45, 2.75) is 54.5 Å². The molecule has 0 saturated heterocycles. The van der Waals surface area contributed by atoms with Crippen LogP contribution in [0.1, 0.15) is 31.7 Å². The molecule has 13 heteroatoms. The third-order valence-corrected chi connectivity index (χ3v) is 10.1. The van der Waals surface area contributed by atoms with E-state index in [-0.39, 0.29) is 35.9 Å². The average Bonchev–Trinajstić information content (AvgIpc) is 2.91. The Morgan fingerprint density at radius 1 is 1.13 bits per heavy atom. The highest BCUT2D eigenvalue weighted by Crippen LogP contribution is 2.39. The summed E-state index contributed by atoms with van der Waals surface area (Å²) < 4.78 is 66.2. The number of hydrogen-bond acceptors (Lipinski definition) is 8. The van der Waals surface area contributed by atoms with Crippen molar-refractivity contribution in [1.29, 1.82) is 0 Å². The summed E-state index contributed by atoms with van der Waals surface area (Å²) in [6, 6.07) is 9.55. The first-order valence-electron chi connectivity index (χ1n) is 12.6. The maximum atomic E-state index is 13.4. The van der Waals surface area contributed by atoms with E-state index in [9.17, 15) is 26.7 Å². The Kier molecular flexibility index (Phi) is 8.93. The number of unbranched alkanes of at least 4 members (excludes halogenated alkanes) is 1. The number of nitrogens with zero attached hydrogens (tertiary/aromatic N) is 1. The van der Waals surface area contributed by atoms with Gasteiger partial charge in [-0.05, 0) is 43.0 Å². The van der Waals surface area contributed by atoms with Gasteiger partial charge in [-0.25, -0.2) is 21.6 Å². The number of ether oxygens (including phenoxy) is 2. The van der Waals surface area contributed by atoms with Gasteiger partial charge in [0.1, 0.15) is 19.3 Å². The van der Waals surface area contributed by atoms with Gasteiger partial charge in [-0.1, -0.05) is 31.5 Å². The molecule has 38 heavy (non-hydrogen) atoms. The summed E-state index contributed by atoms with van der Waals surface area (Å²) >= 11 is 0. The molecular formula is C25H33N3O8S2. The van der Waals surface area contributed by atoms with Crippen molar-refractivity contribution < 1.29 is 36.2 Å². The van der Waals surface area contributed by atoms with E-state index in [1.807, 2.05) is 0 Å². The van der Waals surface area contributed by atoms with Gasteiger partial charge in [0.25, 0.3) is 0 Å². The zero-order valence-electron chi connectivity index (χ0n) is 21.1. The highest BCUT2D eigenvalue weighted by molar-refractivity contribution is 7.89. The predicted octanol–water partition coefficient (Wildman–Crippen LogP) is 1.02. The van der Waals surface area contributed by atoms with E-state index in [1.165, 1.54) is 18.2 Å². The number of rotatable bonds is 11. The fraction of sp³-hybridized carbons (Fsp3) is 0.480. The molecule has 0 fully saturated rings. The Hall–Kier alpha value is -2.71. The molecule has 0 saturated carbocycles. The first-order valence-corrected chi connectivity index (χ1v) is 15.5. The number of nitrogens with one attached hydrogen (secondary N) is 2. The van der Waals surface area contributed by atoms with Gasteiger partial charge >= 0.3 is 0 Å². The Morgan fingerprint density at radius 3 is 2.47 bits per heavy atom. The second-order valence-corrected chi connectivity index (χ2v) is 12.8. The lowest BCUT2D eigenvalue weighted by atomic mass is 10.0. The summed E-state index contributed by atoms with van der Waals surface area (Å²) in [4.78, 5) is 13.5. The minimum absolute atomic E-state index is 0.0969. The summed E-state index contributed by atoms with van der Waals surface area (Å²) in [6.07, 6.45) is 1.59. The van der Waals surface area contributed by atoms with Crippen LogP contribution < -0.4 is 19.5 Å². The van der Waals surface area contributed by atoms with Gasteiger partial charge in [-0.3, -0.25) is 4.79 Å². The molecule has 0 bridgehead atoms. The minimum atomic E-state index is -3.96. The van der Waals surface area contributed by atoms with E-state index < -0.39 is 38.0 Å². The van der Waals surface area contributed by atoms with Crippen molar-refractivity contribution in [1.82, 2.24) is 14.3 Å². The molecular weight excluding hydrogens is 534 g/mol. The number of sulfonamides is 2. The smallest absolute Gasteiger partial charge is 0.244 e. The number of likely N-dealkylation sites (N-methyl/N-ethyl adjacent to an activating group) is 1. The average molecular weight is 568 g/mol. The predicted molar refractivity (Wildman–Crippen MR) is 139 cm³/mol. The van der Waals surface area contributed by atoms with E-state index in [0.717, 1.165) is 4.31 Å². The second-order valence-electron chi connectivity index (χ2n) is 9.13. The van der Waals surface area contributed by atoms with Crippen molar-refractivity contribution in [2.24, 2.45) is 0 Å². The third-order valence-electron chi connectivity index (χ3n) is 6.58. The number of fused-ring (bicyclic) bond motifs is 2. The molecule has 2 aromatic carbocycles. The number of benzene rings is 2. The molecule has 3 N–H and O–H groups in total. The topological polar surface area (TPSA) is 151 Å². The molecule has 0 aromatic heterocycles. The van der Waals surface area contributed by atoms with E-state index in [4.69, 9.17) is 9.47 Å². The van der Waals surface area contributed by atoms with Crippen LogP contribution in [-0.2, 0) is 31.3 Å². The van der Waals surface area contributed by atoms with Gasteiger partial charge in [0.05, 0.1) is 22.4 Å².